The molecule has 1 saturated heterocycles. The lowest BCUT2D eigenvalue weighted by Crippen LogP contribution is -2.44. The van der Waals surface area contributed by atoms with E-state index in [0.29, 0.717) is 19.0 Å². The molecule has 2 amide bonds. The second kappa shape index (κ2) is 8.55. The van der Waals surface area contributed by atoms with Gasteiger partial charge in [0.25, 0.3) is 0 Å². The summed E-state index contributed by atoms with van der Waals surface area (Å²) in [4.78, 5) is 18.2. The van der Waals surface area contributed by atoms with Crippen LogP contribution in [0.3, 0.4) is 0 Å². The highest BCUT2D eigenvalue weighted by molar-refractivity contribution is 5.74. The predicted molar refractivity (Wildman–Crippen MR) is 82.9 cm³/mol. The number of nitrogens with zero attached hydrogens (tertiary/aromatic N) is 2. The van der Waals surface area contributed by atoms with Crippen molar-refractivity contribution >= 4 is 6.03 Å². The molecule has 0 bridgehead atoms. The molecule has 0 unspecified atom stereocenters. The van der Waals surface area contributed by atoms with Crippen LogP contribution in [0, 0.1) is 0 Å². The molecule has 1 aromatic rings. The van der Waals surface area contributed by atoms with Crippen LogP contribution in [0.4, 0.5) is 4.79 Å². The normalized spacial score (nSPS) is 18.2. The number of likely N-dealkylation sites (tertiary alicyclic amines) is 1. The van der Waals surface area contributed by atoms with Gasteiger partial charge in [0.2, 0.25) is 5.88 Å². The third-order valence-electron chi connectivity index (χ3n) is 3.61. The van der Waals surface area contributed by atoms with E-state index in [1.165, 1.54) is 0 Å². The van der Waals surface area contributed by atoms with Crippen molar-refractivity contribution in [1.82, 2.24) is 20.5 Å². The van der Waals surface area contributed by atoms with E-state index in [1.54, 1.807) is 14.2 Å². The first-order valence-corrected chi connectivity index (χ1v) is 7.46. The summed E-state index contributed by atoms with van der Waals surface area (Å²) >= 11 is 0. The average Bonchev–Trinajstić information content (AvgIpc) is 2.95. The lowest BCUT2D eigenvalue weighted by atomic mass is 10.2. The van der Waals surface area contributed by atoms with E-state index in [4.69, 9.17) is 9.47 Å². The fraction of sp³-hybridized carbons (Fsp3) is 0.600. The number of hydrogen-bond donors (Lipinski definition) is 2. The Morgan fingerprint density at radius 3 is 3.00 bits per heavy atom. The van der Waals surface area contributed by atoms with Crippen molar-refractivity contribution in [2.24, 2.45) is 0 Å². The highest BCUT2D eigenvalue weighted by Crippen LogP contribution is 2.14. The molecule has 0 spiro atoms. The molecule has 1 fully saturated rings. The molecule has 2 N–H and O–H groups in total. The molecule has 122 valence electrons. The van der Waals surface area contributed by atoms with Gasteiger partial charge in [-0.05, 0) is 12.0 Å². The average molecular weight is 308 g/mol. The molecule has 1 aromatic heterocycles. The lowest BCUT2D eigenvalue weighted by molar-refractivity contribution is 0.195. The van der Waals surface area contributed by atoms with Crippen LogP contribution in [0.5, 0.6) is 5.88 Å². The molecular weight excluding hydrogens is 284 g/mol. The number of hydrogen-bond acceptors (Lipinski definition) is 5. The standard InChI is InChI=1S/C15H24N4O3/c1-21-8-6-16-15(20)18-13-5-7-19(11-13)10-12-3-4-14(22-2)17-9-12/h3-4,9,13H,5-8,10-11H2,1-2H3,(H2,16,18,20)/t13-/m0/s1. The van der Waals surface area contributed by atoms with Gasteiger partial charge in [-0.25, -0.2) is 9.78 Å². The molecule has 1 aliphatic rings. The second-order valence-corrected chi connectivity index (χ2v) is 5.32. The summed E-state index contributed by atoms with van der Waals surface area (Å²) in [6.07, 6.45) is 2.79. The summed E-state index contributed by atoms with van der Waals surface area (Å²) in [5.74, 6) is 0.623. The van der Waals surface area contributed by atoms with Gasteiger partial charge in [-0.15, -0.1) is 0 Å². The lowest BCUT2D eigenvalue weighted by Gasteiger charge is -2.17. The molecule has 0 aromatic carbocycles. The van der Waals surface area contributed by atoms with E-state index < -0.39 is 0 Å². The minimum Gasteiger partial charge on any atom is -0.481 e. The van der Waals surface area contributed by atoms with Gasteiger partial charge < -0.3 is 20.1 Å². The number of aromatic nitrogens is 1. The van der Waals surface area contributed by atoms with Crippen LogP contribution < -0.4 is 15.4 Å². The number of methoxy groups -OCH3 is 2. The number of ether oxygens (including phenoxy) is 2. The van der Waals surface area contributed by atoms with Crippen LogP contribution in [0.1, 0.15) is 12.0 Å². The number of pyridine rings is 1. The van der Waals surface area contributed by atoms with Crippen molar-refractivity contribution in [1.29, 1.82) is 0 Å². The third-order valence-corrected chi connectivity index (χ3v) is 3.61. The van der Waals surface area contributed by atoms with Crippen LogP contribution in [0.15, 0.2) is 18.3 Å². The number of urea groups is 1. The van der Waals surface area contributed by atoms with Gasteiger partial charge in [-0.1, -0.05) is 6.07 Å². The molecular formula is C15H24N4O3. The molecule has 0 saturated carbocycles. The zero-order valence-electron chi connectivity index (χ0n) is 13.2. The Labute approximate surface area is 131 Å². The van der Waals surface area contributed by atoms with Crippen molar-refractivity contribution in [2.45, 2.75) is 19.0 Å². The van der Waals surface area contributed by atoms with Gasteiger partial charge in [-0.2, -0.15) is 0 Å². The summed E-state index contributed by atoms with van der Waals surface area (Å²) in [5.41, 5.74) is 1.14. The Hall–Kier alpha value is -1.86. The zero-order chi connectivity index (χ0) is 15.8. The first kappa shape index (κ1) is 16.5. The molecule has 1 aliphatic heterocycles. The van der Waals surface area contributed by atoms with Crippen molar-refractivity contribution < 1.29 is 14.3 Å². The van der Waals surface area contributed by atoms with E-state index in [1.807, 2.05) is 18.3 Å². The highest BCUT2D eigenvalue weighted by atomic mass is 16.5. The molecule has 2 heterocycles. The monoisotopic (exact) mass is 308 g/mol. The van der Waals surface area contributed by atoms with Gasteiger partial charge >= 0.3 is 6.03 Å². The molecule has 1 atom stereocenters. The number of nitrogens with one attached hydrogen (secondary N) is 2. The maximum absolute atomic E-state index is 11.7. The van der Waals surface area contributed by atoms with Gasteiger partial charge in [0.05, 0.1) is 13.7 Å². The van der Waals surface area contributed by atoms with E-state index >= 15 is 0 Å². The predicted octanol–water partition coefficient (Wildman–Crippen LogP) is 0.610. The third kappa shape index (κ3) is 5.16. The summed E-state index contributed by atoms with van der Waals surface area (Å²) in [6, 6.07) is 3.94. The van der Waals surface area contributed by atoms with Gasteiger partial charge in [0, 0.05) is 51.6 Å². The molecule has 7 heteroatoms. The number of carbonyl (C=O) groups excluding carboxylic acids is 1. The molecule has 2 rings (SSSR count). The van der Waals surface area contributed by atoms with Gasteiger partial charge in [-0.3, -0.25) is 4.90 Å². The quantitative estimate of drug-likeness (QED) is 0.722. The fourth-order valence-electron chi connectivity index (χ4n) is 2.48. The minimum atomic E-state index is -0.130. The largest absolute Gasteiger partial charge is 0.481 e. The Kier molecular flexibility index (Phi) is 6.42. The molecule has 0 radical (unpaired) electrons. The minimum absolute atomic E-state index is 0.130. The SMILES string of the molecule is COCCNC(=O)N[C@H]1CCN(Cc2ccc(OC)nc2)C1. The van der Waals surface area contributed by atoms with Crippen LogP contribution in [0.2, 0.25) is 0 Å². The summed E-state index contributed by atoms with van der Waals surface area (Å²) in [6.45, 7) is 3.70. The smallest absolute Gasteiger partial charge is 0.315 e. The Balaban J connectivity index is 1.71. The Morgan fingerprint density at radius 2 is 2.32 bits per heavy atom. The summed E-state index contributed by atoms with van der Waals surface area (Å²) in [7, 11) is 3.22. The van der Waals surface area contributed by atoms with E-state index in [2.05, 4.69) is 20.5 Å². The maximum atomic E-state index is 11.7. The van der Waals surface area contributed by atoms with Crippen molar-refractivity contribution in [3.05, 3.63) is 23.9 Å². The van der Waals surface area contributed by atoms with E-state index in [-0.39, 0.29) is 12.1 Å². The summed E-state index contributed by atoms with van der Waals surface area (Å²) < 4.78 is 9.95. The van der Waals surface area contributed by atoms with Crippen molar-refractivity contribution in [3.63, 3.8) is 0 Å². The number of amides is 2. The number of carbonyl (C=O) groups is 1. The van der Waals surface area contributed by atoms with Crippen molar-refractivity contribution in [3.8, 4) is 5.88 Å². The zero-order valence-corrected chi connectivity index (χ0v) is 13.2. The van der Waals surface area contributed by atoms with E-state index in [0.717, 1.165) is 31.6 Å². The molecule has 0 aliphatic carbocycles. The topological polar surface area (TPSA) is 75.7 Å². The second-order valence-electron chi connectivity index (χ2n) is 5.32. The highest BCUT2D eigenvalue weighted by Gasteiger charge is 2.23. The fourth-order valence-corrected chi connectivity index (χ4v) is 2.48. The van der Waals surface area contributed by atoms with Gasteiger partial charge in [0.1, 0.15) is 0 Å². The molecule has 22 heavy (non-hydrogen) atoms. The van der Waals surface area contributed by atoms with Crippen LogP contribution in [-0.4, -0.2) is 62.4 Å². The van der Waals surface area contributed by atoms with E-state index in [9.17, 15) is 4.79 Å². The Morgan fingerprint density at radius 1 is 1.45 bits per heavy atom. The first-order chi connectivity index (χ1) is 10.7. The first-order valence-electron chi connectivity index (χ1n) is 7.46. The Bertz CT molecular complexity index is 466. The molecule has 7 nitrogen and oxygen atoms in total. The summed E-state index contributed by atoms with van der Waals surface area (Å²) in [5, 5.41) is 5.76. The van der Waals surface area contributed by atoms with Crippen molar-refractivity contribution in [2.75, 3.05) is 40.5 Å². The number of rotatable bonds is 7. The van der Waals surface area contributed by atoms with Gasteiger partial charge in [0.15, 0.2) is 0 Å². The van der Waals surface area contributed by atoms with Crippen LogP contribution in [0.25, 0.3) is 0 Å². The van der Waals surface area contributed by atoms with Crippen LogP contribution >= 0.6 is 0 Å². The van der Waals surface area contributed by atoms with Crippen LogP contribution in [-0.2, 0) is 11.3 Å². The maximum Gasteiger partial charge on any atom is 0.315 e.